The van der Waals surface area contributed by atoms with Gasteiger partial charge in [-0.2, -0.15) is 5.26 Å². The van der Waals surface area contributed by atoms with E-state index in [0.717, 1.165) is 5.56 Å². The molecule has 1 saturated carbocycles. The molecule has 1 aliphatic rings. The Bertz CT molecular complexity index is 541. The van der Waals surface area contributed by atoms with E-state index in [1.54, 1.807) is 18.2 Å². The Kier molecular flexibility index (Phi) is 4.35. The third-order valence-corrected chi connectivity index (χ3v) is 3.73. The zero-order valence-corrected chi connectivity index (χ0v) is 11.1. The number of nitrogens with one attached hydrogen (secondary N) is 1. The van der Waals surface area contributed by atoms with Crippen LogP contribution >= 0.6 is 0 Å². The number of halogens is 1. The lowest BCUT2D eigenvalue weighted by Gasteiger charge is -2.20. The van der Waals surface area contributed by atoms with Crippen LogP contribution < -0.4 is 5.32 Å². The monoisotopic (exact) mass is 276 g/mol. The van der Waals surface area contributed by atoms with Gasteiger partial charge < -0.3 is 10.4 Å². The summed E-state index contributed by atoms with van der Waals surface area (Å²) in [5.41, 5.74) is 0.0575. The molecule has 0 bridgehead atoms. The summed E-state index contributed by atoms with van der Waals surface area (Å²) in [6, 6.07) is 9.19. The lowest BCUT2D eigenvalue weighted by molar-refractivity contribution is -0.141. The molecule has 5 heteroatoms. The first-order valence-electron chi connectivity index (χ1n) is 6.64. The lowest BCUT2D eigenvalue weighted by atomic mass is 10.0. The zero-order valence-electron chi connectivity index (χ0n) is 11.1. The molecular formula is C15H17FN2O2. The van der Waals surface area contributed by atoms with Crippen LogP contribution in [0, 0.1) is 17.2 Å². The quantitative estimate of drug-likeness (QED) is 0.865. The summed E-state index contributed by atoms with van der Waals surface area (Å²) in [4.78, 5) is 10.8. The van der Waals surface area contributed by atoms with Gasteiger partial charge in [-0.3, -0.25) is 4.79 Å². The molecule has 0 unspecified atom stereocenters. The van der Waals surface area contributed by atoms with Crippen molar-refractivity contribution in [2.75, 3.05) is 6.54 Å². The molecule has 1 aliphatic carbocycles. The van der Waals surface area contributed by atoms with Crippen molar-refractivity contribution in [3.05, 3.63) is 35.4 Å². The van der Waals surface area contributed by atoms with Crippen LogP contribution in [-0.2, 0) is 11.3 Å². The molecule has 106 valence electrons. The Balaban J connectivity index is 1.84. The molecule has 20 heavy (non-hydrogen) atoms. The van der Waals surface area contributed by atoms with Gasteiger partial charge in [0.05, 0.1) is 17.6 Å². The molecule has 0 radical (unpaired) electrons. The number of aliphatic carboxylic acids is 1. The van der Waals surface area contributed by atoms with Crippen LogP contribution in [0.5, 0.6) is 0 Å². The normalized spacial score (nSPS) is 25.3. The Morgan fingerprint density at radius 1 is 1.60 bits per heavy atom. The van der Waals surface area contributed by atoms with Gasteiger partial charge in [-0.05, 0) is 37.0 Å². The SMILES string of the molecule is N#Cc1cccc(CNC[C@@]2(F)CC[C@@H](C(=O)O)C2)c1. The van der Waals surface area contributed by atoms with Crippen molar-refractivity contribution in [3.63, 3.8) is 0 Å². The number of nitrogens with zero attached hydrogens (tertiary/aromatic N) is 1. The van der Waals surface area contributed by atoms with Crippen LogP contribution in [-0.4, -0.2) is 23.3 Å². The molecule has 0 amide bonds. The molecule has 0 saturated heterocycles. The van der Waals surface area contributed by atoms with Gasteiger partial charge in [-0.25, -0.2) is 4.39 Å². The number of hydrogen-bond donors (Lipinski definition) is 2. The molecule has 0 aliphatic heterocycles. The maximum Gasteiger partial charge on any atom is 0.306 e. The van der Waals surface area contributed by atoms with Crippen molar-refractivity contribution in [2.45, 2.75) is 31.5 Å². The Labute approximate surface area is 117 Å². The second kappa shape index (κ2) is 6.02. The standard InChI is InChI=1S/C15H17FN2O2/c16-15(5-4-13(7-15)14(19)20)10-18-9-12-3-1-2-11(6-12)8-17/h1-3,6,13,18H,4-5,7,9-10H2,(H,19,20)/t13-,15-/m1/s1. The number of nitriles is 1. The first-order chi connectivity index (χ1) is 9.52. The predicted molar refractivity (Wildman–Crippen MR) is 71.7 cm³/mol. The highest BCUT2D eigenvalue weighted by Crippen LogP contribution is 2.37. The largest absolute Gasteiger partial charge is 0.481 e. The minimum atomic E-state index is -1.43. The zero-order chi connectivity index (χ0) is 14.6. The van der Waals surface area contributed by atoms with E-state index in [2.05, 4.69) is 11.4 Å². The maximum atomic E-state index is 14.4. The van der Waals surface area contributed by atoms with Crippen LogP contribution in [0.3, 0.4) is 0 Å². The van der Waals surface area contributed by atoms with Gasteiger partial charge in [0.25, 0.3) is 0 Å². The lowest BCUT2D eigenvalue weighted by Crippen LogP contribution is -2.34. The number of alkyl halides is 1. The maximum absolute atomic E-state index is 14.4. The van der Waals surface area contributed by atoms with E-state index in [9.17, 15) is 9.18 Å². The fraction of sp³-hybridized carbons (Fsp3) is 0.467. The molecule has 1 aromatic carbocycles. The second-order valence-electron chi connectivity index (χ2n) is 5.34. The summed E-state index contributed by atoms with van der Waals surface area (Å²) in [5, 5.41) is 20.7. The van der Waals surface area contributed by atoms with Gasteiger partial charge in [-0.15, -0.1) is 0 Å². The van der Waals surface area contributed by atoms with Gasteiger partial charge in [0.2, 0.25) is 0 Å². The van der Waals surface area contributed by atoms with Crippen molar-refractivity contribution >= 4 is 5.97 Å². The third-order valence-electron chi connectivity index (χ3n) is 3.73. The van der Waals surface area contributed by atoms with E-state index < -0.39 is 17.6 Å². The topological polar surface area (TPSA) is 73.1 Å². The molecule has 2 N–H and O–H groups in total. The minimum Gasteiger partial charge on any atom is -0.481 e. The second-order valence-corrected chi connectivity index (χ2v) is 5.34. The van der Waals surface area contributed by atoms with Crippen LogP contribution in [0.15, 0.2) is 24.3 Å². The van der Waals surface area contributed by atoms with Gasteiger partial charge in [-0.1, -0.05) is 12.1 Å². The van der Waals surface area contributed by atoms with E-state index in [0.29, 0.717) is 18.5 Å². The van der Waals surface area contributed by atoms with Crippen LogP contribution in [0.25, 0.3) is 0 Å². The Morgan fingerprint density at radius 2 is 2.40 bits per heavy atom. The van der Waals surface area contributed by atoms with E-state index >= 15 is 0 Å². The summed E-state index contributed by atoms with van der Waals surface area (Å²) in [6.45, 7) is 0.618. The molecule has 1 fully saturated rings. The molecule has 4 nitrogen and oxygen atoms in total. The molecular weight excluding hydrogens is 259 g/mol. The van der Waals surface area contributed by atoms with E-state index in [1.807, 2.05) is 6.07 Å². The highest BCUT2D eigenvalue weighted by atomic mass is 19.1. The highest BCUT2D eigenvalue weighted by Gasteiger charge is 2.41. The molecule has 0 heterocycles. The predicted octanol–water partition coefficient (Wildman–Crippen LogP) is 2.24. The average molecular weight is 276 g/mol. The number of carbonyl (C=O) groups is 1. The summed E-state index contributed by atoms with van der Waals surface area (Å²) >= 11 is 0. The van der Waals surface area contributed by atoms with Gasteiger partial charge in [0.15, 0.2) is 0 Å². The summed E-state index contributed by atoms with van der Waals surface area (Å²) in [6.07, 6.45) is 0.764. The van der Waals surface area contributed by atoms with Crippen LogP contribution in [0.4, 0.5) is 4.39 Å². The third kappa shape index (κ3) is 3.55. The molecule has 1 aromatic rings. The van der Waals surface area contributed by atoms with E-state index in [4.69, 9.17) is 10.4 Å². The van der Waals surface area contributed by atoms with Crippen molar-refractivity contribution in [3.8, 4) is 6.07 Å². The van der Waals surface area contributed by atoms with E-state index in [1.165, 1.54) is 0 Å². The van der Waals surface area contributed by atoms with Crippen molar-refractivity contribution in [2.24, 2.45) is 5.92 Å². The van der Waals surface area contributed by atoms with E-state index in [-0.39, 0.29) is 19.4 Å². The Hall–Kier alpha value is -1.93. The van der Waals surface area contributed by atoms with Crippen LogP contribution in [0.2, 0.25) is 0 Å². The number of carboxylic acid groups (broad SMARTS) is 1. The first-order valence-corrected chi connectivity index (χ1v) is 6.64. The summed E-state index contributed by atoms with van der Waals surface area (Å²) < 4.78 is 14.4. The van der Waals surface area contributed by atoms with Crippen molar-refractivity contribution in [1.29, 1.82) is 5.26 Å². The van der Waals surface area contributed by atoms with Gasteiger partial charge >= 0.3 is 5.97 Å². The molecule has 0 aromatic heterocycles. The van der Waals surface area contributed by atoms with Crippen LogP contribution in [0.1, 0.15) is 30.4 Å². The molecule has 0 spiro atoms. The van der Waals surface area contributed by atoms with Crippen molar-refractivity contribution < 1.29 is 14.3 Å². The highest BCUT2D eigenvalue weighted by molar-refractivity contribution is 5.70. The fourth-order valence-electron chi connectivity index (χ4n) is 2.63. The van der Waals surface area contributed by atoms with Gasteiger partial charge in [0.1, 0.15) is 5.67 Å². The molecule has 2 atom stereocenters. The average Bonchev–Trinajstić information content (AvgIpc) is 2.82. The minimum absolute atomic E-state index is 0.0770. The number of carboxylic acids is 1. The smallest absolute Gasteiger partial charge is 0.306 e. The molecule has 2 rings (SSSR count). The van der Waals surface area contributed by atoms with Crippen molar-refractivity contribution in [1.82, 2.24) is 5.32 Å². The summed E-state index contributed by atoms with van der Waals surface area (Å²) in [7, 11) is 0. The number of benzene rings is 1. The summed E-state index contributed by atoms with van der Waals surface area (Å²) in [5.74, 6) is -1.48. The number of rotatable bonds is 5. The fourth-order valence-corrected chi connectivity index (χ4v) is 2.63. The Morgan fingerprint density at radius 3 is 3.05 bits per heavy atom. The van der Waals surface area contributed by atoms with Gasteiger partial charge in [0, 0.05) is 13.1 Å². The number of hydrogen-bond acceptors (Lipinski definition) is 3. The first kappa shape index (κ1) is 14.5.